The van der Waals surface area contributed by atoms with Gasteiger partial charge in [0, 0.05) is 17.5 Å². The third kappa shape index (κ3) is 3.00. The number of thioether (sulfide) groups is 1. The molecule has 4 nitrogen and oxygen atoms in total. The molecule has 0 bridgehead atoms. The van der Waals surface area contributed by atoms with E-state index in [1.54, 1.807) is 6.26 Å². The SMILES string of the molecule is CSc1cc(-c2nn(C)c(OC(F)F)c2Cl)c(F)cc1C#N. The van der Waals surface area contributed by atoms with Crippen molar-refractivity contribution in [2.24, 2.45) is 7.05 Å². The van der Waals surface area contributed by atoms with Crippen LogP contribution in [0.3, 0.4) is 0 Å². The van der Waals surface area contributed by atoms with Crippen molar-refractivity contribution in [1.29, 1.82) is 5.26 Å². The van der Waals surface area contributed by atoms with Gasteiger partial charge in [-0.2, -0.15) is 19.1 Å². The van der Waals surface area contributed by atoms with Crippen LogP contribution >= 0.6 is 23.4 Å². The summed E-state index contributed by atoms with van der Waals surface area (Å²) in [6.07, 6.45) is 1.73. The van der Waals surface area contributed by atoms with Gasteiger partial charge in [0.25, 0.3) is 0 Å². The molecule has 0 aliphatic heterocycles. The number of aromatic nitrogens is 2. The Bertz CT molecular complexity index is 758. The largest absolute Gasteiger partial charge is 0.416 e. The quantitative estimate of drug-likeness (QED) is 0.782. The minimum Gasteiger partial charge on any atom is -0.416 e. The molecule has 0 atom stereocenters. The van der Waals surface area contributed by atoms with Crippen LogP contribution in [0.15, 0.2) is 17.0 Å². The molecular formula is C13H9ClF3N3OS. The number of nitriles is 1. The molecule has 0 spiro atoms. The zero-order valence-corrected chi connectivity index (χ0v) is 13.0. The highest BCUT2D eigenvalue weighted by molar-refractivity contribution is 7.98. The molecule has 2 rings (SSSR count). The van der Waals surface area contributed by atoms with Crippen LogP contribution in [-0.2, 0) is 7.05 Å². The fraction of sp³-hybridized carbons (Fsp3) is 0.231. The summed E-state index contributed by atoms with van der Waals surface area (Å²) in [5.41, 5.74) is 0.148. The van der Waals surface area contributed by atoms with Gasteiger partial charge in [-0.25, -0.2) is 9.07 Å². The van der Waals surface area contributed by atoms with Crippen molar-refractivity contribution in [2.45, 2.75) is 11.5 Å². The van der Waals surface area contributed by atoms with Gasteiger partial charge in [0.1, 0.15) is 22.6 Å². The van der Waals surface area contributed by atoms with Gasteiger partial charge in [-0.3, -0.25) is 0 Å². The van der Waals surface area contributed by atoms with Crippen LogP contribution in [0, 0.1) is 17.1 Å². The second-order valence-electron chi connectivity index (χ2n) is 4.11. The Balaban J connectivity index is 2.60. The normalized spacial score (nSPS) is 10.8. The third-order valence-electron chi connectivity index (χ3n) is 2.81. The first-order valence-electron chi connectivity index (χ1n) is 5.84. The van der Waals surface area contributed by atoms with Gasteiger partial charge in [-0.05, 0) is 18.4 Å². The number of rotatable bonds is 4. The number of alkyl halides is 2. The third-order valence-corrected chi connectivity index (χ3v) is 3.92. The molecule has 22 heavy (non-hydrogen) atoms. The van der Waals surface area contributed by atoms with E-state index < -0.39 is 12.4 Å². The van der Waals surface area contributed by atoms with E-state index in [2.05, 4.69) is 9.84 Å². The number of benzene rings is 1. The first kappa shape index (κ1) is 16.5. The molecule has 9 heteroatoms. The van der Waals surface area contributed by atoms with Crippen molar-refractivity contribution in [2.75, 3.05) is 6.26 Å². The zero-order chi connectivity index (χ0) is 16.4. The minimum atomic E-state index is -3.08. The van der Waals surface area contributed by atoms with Crippen molar-refractivity contribution < 1.29 is 17.9 Å². The van der Waals surface area contributed by atoms with E-state index in [1.807, 2.05) is 6.07 Å². The van der Waals surface area contributed by atoms with E-state index in [0.29, 0.717) is 4.90 Å². The molecule has 0 N–H and O–H groups in total. The highest BCUT2D eigenvalue weighted by Crippen LogP contribution is 2.38. The molecule has 0 unspecified atom stereocenters. The van der Waals surface area contributed by atoms with Crippen LogP contribution in [0.2, 0.25) is 5.02 Å². The minimum absolute atomic E-state index is 0.00747. The summed E-state index contributed by atoms with van der Waals surface area (Å²) in [4.78, 5) is 0.525. The molecule has 0 aliphatic carbocycles. The van der Waals surface area contributed by atoms with Crippen LogP contribution < -0.4 is 4.74 Å². The predicted octanol–water partition coefficient (Wildman–Crippen LogP) is 4.07. The lowest BCUT2D eigenvalue weighted by Gasteiger charge is -2.06. The average molecular weight is 348 g/mol. The molecule has 1 heterocycles. The van der Waals surface area contributed by atoms with Crippen LogP contribution in [0.25, 0.3) is 11.3 Å². The van der Waals surface area contributed by atoms with E-state index in [-0.39, 0.29) is 27.7 Å². The van der Waals surface area contributed by atoms with Crippen LogP contribution in [0.4, 0.5) is 13.2 Å². The topological polar surface area (TPSA) is 50.8 Å². The van der Waals surface area contributed by atoms with Crippen LogP contribution in [0.1, 0.15) is 5.56 Å². The summed E-state index contributed by atoms with van der Waals surface area (Å²) in [5, 5.41) is 12.7. The number of aryl methyl sites for hydroxylation is 1. The molecule has 0 fully saturated rings. The molecule has 2 aromatic rings. The number of hydrogen-bond acceptors (Lipinski definition) is 4. The van der Waals surface area contributed by atoms with E-state index in [9.17, 15) is 13.2 Å². The highest BCUT2D eigenvalue weighted by Gasteiger charge is 2.23. The Morgan fingerprint density at radius 1 is 1.45 bits per heavy atom. The van der Waals surface area contributed by atoms with Crippen LogP contribution in [-0.4, -0.2) is 22.6 Å². The monoisotopic (exact) mass is 347 g/mol. The summed E-state index contributed by atoms with van der Waals surface area (Å²) in [6.45, 7) is -3.08. The lowest BCUT2D eigenvalue weighted by atomic mass is 10.1. The lowest BCUT2D eigenvalue weighted by molar-refractivity contribution is -0.0552. The van der Waals surface area contributed by atoms with Crippen molar-refractivity contribution in [3.63, 3.8) is 0 Å². The summed E-state index contributed by atoms with van der Waals surface area (Å²) in [7, 11) is 1.35. The van der Waals surface area contributed by atoms with Gasteiger partial charge in [-0.15, -0.1) is 11.8 Å². The number of ether oxygens (including phenoxy) is 1. The van der Waals surface area contributed by atoms with Gasteiger partial charge in [0.2, 0.25) is 5.88 Å². The Morgan fingerprint density at radius 2 is 2.14 bits per heavy atom. The predicted molar refractivity (Wildman–Crippen MR) is 76.7 cm³/mol. The van der Waals surface area contributed by atoms with Crippen molar-refractivity contribution in [3.8, 4) is 23.2 Å². The maximum Gasteiger partial charge on any atom is 0.388 e. The Labute approximate surface area is 133 Å². The Morgan fingerprint density at radius 3 is 2.68 bits per heavy atom. The fourth-order valence-corrected chi connectivity index (χ4v) is 2.72. The molecule has 0 saturated carbocycles. The first-order valence-corrected chi connectivity index (χ1v) is 7.44. The van der Waals surface area contributed by atoms with Crippen molar-refractivity contribution in [3.05, 3.63) is 28.5 Å². The van der Waals surface area contributed by atoms with Crippen LogP contribution in [0.5, 0.6) is 5.88 Å². The maximum atomic E-state index is 14.2. The number of hydrogen-bond donors (Lipinski definition) is 0. The number of nitrogens with zero attached hydrogens (tertiary/aromatic N) is 3. The molecular weight excluding hydrogens is 339 g/mol. The number of halogens is 4. The van der Waals surface area contributed by atoms with E-state index >= 15 is 0 Å². The smallest absolute Gasteiger partial charge is 0.388 e. The summed E-state index contributed by atoms with van der Waals surface area (Å²) >= 11 is 7.22. The summed E-state index contributed by atoms with van der Waals surface area (Å²) < 4.78 is 44.1. The molecule has 1 aromatic heterocycles. The van der Waals surface area contributed by atoms with Crippen molar-refractivity contribution >= 4 is 23.4 Å². The van der Waals surface area contributed by atoms with Crippen molar-refractivity contribution in [1.82, 2.24) is 9.78 Å². The molecule has 0 radical (unpaired) electrons. The van der Waals surface area contributed by atoms with Gasteiger partial charge in [-0.1, -0.05) is 11.6 Å². The van der Waals surface area contributed by atoms with E-state index in [1.165, 1.54) is 24.9 Å². The lowest BCUT2D eigenvalue weighted by Crippen LogP contribution is -2.06. The van der Waals surface area contributed by atoms with Gasteiger partial charge < -0.3 is 4.74 Å². The average Bonchev–Trinajstić information content (AvgIpc) is 2.74. The molecule has 116 valence electrons. The van der Waals surface area contributed by atoms with Gasteiger partial charge in [0.05, 0.1) is 5.56 Å². The molecule has 0 saturated heterocycles. The first-order chi connectivity index (χ1) is 10.4. The molecule has 0 amide bonds. The van der Waals surface area contributed by atoms with Gasteiger partial charge >= 0.3 is 6.61 Å². The molecule has 1 aromatic carbocycles. The molecule has 0 aliphatic rings. The standard InChI is InChI=1S/C13H9ClF3N3OS/c1-20-12(21-13(16)17)10(14)11(19-20)7-4-9(22-2)6(5-18)3-8(7)15/h3-4,13H,1-2H3. The Kier molecular flexibility index (Phi) is 4.88. The van der Waals surface area contributed by atoms with Gasteiger partial charge in [0.15, 0.2) is 0 Å². The fourth-order valence-electron chi connectivity index (χ4n) is 1.86. The Hall–Kier alpha value is -1.85. The summed E-state index contributed by atoms with van der Waals surface area (Å²) in [5.74, 6) is -1.08. The summed E-state index contributed by atoms with van der Waals surface area (Å²) in [6, 6.07) is 4.34. The van der Waals surface area contributed by atoms with E-state index in [0.717, 1.165) is 10.7 Å². The second kappa shape index (κ2) is 6.50. The zero-order valence-electron chi connectivity index (χ0n) is 11.4. The maximum absolute atomic E-state index is 14.2. The second-order valence-corrected chi connectivity index (χ2v) is 5.34. The highest BCUT2D eigenvalue weighted by atomic mass is 35.5. The van der Waals surface area contributed by atoms with E-state index in [4.69, 9.17) is 16.9 Å².